The smallest absolute Gasteiger partial charge is 0.173 e. The summed E-state index contributed by atoms with van der Waals surface area (Å²) in [6.07, 6.45) is 0. The lowest BCUT2D eigenvalue weighted by Crippen LogP contribution is -1.86. The number of hydrogen-bond acceptors (Lipinski definition) is 3. The van der Waals surface area contributed by atoms with Gasteiger partial charge in [0.05, 0.1) is 0 Å². The van der Waals surface area contributed by atoms with Crippen molar-refractivity contribution in [1.82, 2.24) is 0 Å². The Hall–Kier alpha value is -2.39. The minimum absolute atomic E-state index is 0.00616. The zero-order valence-electron chi connectivity index (χ0n) is 10.4. The van der Waals surface area contributed by atoms with Crippen LogP contribution in [0.5, 0.6) is 23.0 Å². The van der Waals surface area contributed by atoms with E-state index in [4.69, 9.17) is 16.3 Å². The molecule has 100 valence electrons. The zero-order valence-corrected chi connectivity index (χ0v) is 11.1. The standard InChI is InChI=1S/C16H11ClO3/c17-10-5-7-11(8-6-10)20-15-9-14(18)12-3-1-2-4-13(12)16(15)19/h1-9,18-19H. The molecule has 0 aliphatic rings. The number of benzene rings is 3. The van der Waals surface area contributed by atoms with Crippen molar-refractivity contribution in [3.8, 4) is 23.0 Å². The van der Waals surface area contributed by atoms with Gasteiger partial charge < -0.3 is 14.9 Å². The molecule has 0 spiro atoms. The number of fused-ring (bicyclic) bond motifs is 1. The average molecular weight is 287 g/mol. The highest BCUT2D eigenvalue weighted by atomic mass is 35.5. The van der Waals surface area contributed by atoms with Gasteiger partial charge in [0.15, 0.2) is 11.5 Å². The van der Waals surface area contributed by atoms with Gasteiger partial charge >= 0.3 is 0 Å². The molecule has 3 aromatic rings. The van der Waals surface area contributed by atoms with Crippen LogP contribution in [0.15, 0.2) is 54.6 Å². The van der Waals surface area contributed by atoms with Gasteiger partial charge in [0, 0.05) is 21.9 Å². The van der Waals surface area contributed by atoms with Gasteiger partial charge in [0.25, 0.3) is 0 Å². The lowest BCUT2D eigenvalue weighted by atomic mass is 10.1. The number of phenolic OH excluding ortho intramolecular Hbond substituents is 2. The fraction of sp³-hybridized carbons (Fsp3) is 0. The van der Waals surface area contributed by atoms with E-state index in [1.807, 2.05) is 0 Å². The third-order valence-electron chi connectivity index (χ3n) is 3.00. The molecule has 0 saturated carbocycles. The summed E-state index contributed by atoms with van der Waals surface area (Å²) >= 11 is 5.80. The molecule has 0 heterocycles. The maximum atomic E-state index is 10.2. The van der Waals surface area contributed by atoms with Crippen LogP contribution in [0, 0.1) is 0 Å². The molecule has 2 N–H and O–H groups in total. The normalized spacial score (nSPS) is 10.7. The molecule has 0 atom stereocenters. The number of halogens is 1. The van der Waals surface area contributed by atoms with Gasteiger partial charge in [0.1, 0.15) is 11.5 Å². The Morgan fingerprint density at radius 1 is 0.850 bits per heavy atom. The van der Waals surface area contributed by atoms with Crippen molar-refractivity contribution in [3.63, 3.8) is 0 Å². The molecule has 0 aromatic heterocycles. The summed E-state index contributed by atoms with van der Waals surface area (Å²) < 4.78 is 5.58. The van der Waals surface area contributed by atoms with E-state index >= 15 is 0 Å². The molecule has 0 fully saturated rings. The lowest BCUT2D eigenvalue weighted by Gasteiger charge is -2.11. The van der Waals surface area contributed by atoms with Crippen molar-refractivity contribution >= 4 is 22.4 Å². The third-order valence-corrected chi connectivity index (χ3v) is 3.25. The fourth-order valence-electron chi connectivity index (χ4n) is 2.02. The average Bonchev–Trinajstić information content (AvgIpc) is 2.47. The number of ether oxygens (including phenoxy) is 1. The zero-order chi connectivity index (χ0) is 14.1. The van der Waals surface area contributed by atoms with Gasteiger partial charge in [0.2, 0.25) is 0 Å². The Labute approximate surface area is 120 Å². The monoisotopic (exact) mass is 286 g/mol. The molecule has 0 bridgehead atoms. The first-order chi connectivity index (χ1) is 9.65. The molecule has 4 heteroatoms. The highest BCUT2D eigenvalue weighted by Gasteiger charge is 2.12. The number of phenols is 2. The Balaban J connectivity index is 2.08. The van der Waals surface area contributed by atoms with E-state index < -0.39 is 0 Å². The molecule has 3 aromatic carbocycles. The van der Waals surface area contributed by atoms with Crippen LogP contribution < -0.4 is 4.74 Å². The van der Waals surface area contributed by atoms with E-state index in [0.29, 0.717) is 21.5 Å². The first-order valence-electron chi connectivity index (χ1n) is 6.02. The van der Waals surface area contributed by atoms with E-state index in [9.17, 15) is 10.2 Å². The van der Waals surface area contributed by atoms with Crippen LogP contribution in [0.3, 0.4) is 0 Å². The third kappa shape index (κ3) is 2.24. The van der Waals surface area contributed by atoms with Gasteiger partial charge in [-0.15, -0.1) is 0 Å². The van der Waals surface area contributed by atoms with Crippen molar-refractivity contribution in [2.75, 3.05) is 0 Å². The Morgan fingerprint density at radius 3 is 2.20 bits per heavy atom. The topological polar surface area (TPSA) is 49.7 Å². The summed E-state index contributed by atoms with van der Waals surface area (Å²) in [6.45, 7) is 0. The number of rotatable bonds is 2. The summed E-state index contributed by atoms with van der Waals surface area (Å²) in [5.74, 6) is 0.776. The van der Waals surface area contributed by atoms with Gasteiger partial charge in [-0.05, 0) is 24.3 Å². The van der Waals surface area contributed by atoms with E-state index in [0.717, 1.165) is 0 Å². The predicted octanol–water partition coefficient (Wildman–Crippen LogP) is 4.70. The van der Waals surface area contributed by atoms with Gasteiger partial charge in [-0.3, -0.25) is 0 Å². The summed E-state index contributed by atoms with van der Waals surface area (Å²) in [5.41, 5.74) is 0. The van der Waals surface area contributed by atoms with Gasteiger partial charge in [-0.1, -0.05) is 35.9 Å². The second kappa shape index (κ2) is 4.94. The first-order valence-corrected chi connectivity index (χ1v) is 6.40. The minimum atomic E-state index is -0.00616. The van der Waals surface area contributed by atoms with E-state index in [1.54, 1.807) is 48.5 Å². The van der Waals surface area contributed by atoms with Crippen LogP contribution >= 0.6 is 11.6 Å². The summed E-state index contributed by atoms with van der Waals surface area (Å²) in [6, 6.07) is 15.2. The SMILES string of the molecule is Oc1cc(Oc2ccc(Cl)cc2)c(O)c2ccccc12. The van der Waals surface area contributed by atoms with E-state index in [2.05, 4.69) is 0 Å². The molecule has 0 saturated heterocycles. The van der Waals surface area contributed by atoms with Crippen LogP contribution in [0.1, 0.15) is 0 Å². The molecule has 20 heavy (non-hydrogen) atoms. The molecular formula is C16H11ClO3. The Kier molecular flexibility index (Phi) is 3.12. The molecule has 3 rings (SSSR count). The predicted molar refractivity (Wildman–Crippen MR) is 78.8 cm³/mol. The highest BCUT2D eigenvalue weighted by Crippen LogP contribution is 2.41. The Bertz CT molecular complexity index is 767. The molecule has 0 radical (unpaired) electrons. The van der Waals surface area contributed by atoms with Crippen molar-refractivity contribution < 1.29 is 14.9 Å². The van der Waals surface area contributed by atoms with E-state index in [-0.39, 0.29) is 17.2 Å². The van der Waals surface area contributed by atoms with Crippen molar-refractivity contribution in [2.45, 2.75) is 0 Å². The number of hydrogen-bond donors (Lipinski definition) is 2. The molecular weight excluding hydrogens is 276 g/mol. The molecule has 3 nitrogen and oxygen atoms in total. The van der Waals surface area contributed by atoms with Gasteiger partial charge in [-0.25, -0.2) is 0 Å². The second-order valence-electron chi connectivity index (χ2n) is 4.34. The lowest BCUT2D eigenvalue weighted by molar-refractivity contribution is 0.409. The van der Waals surface area contributed by atoms with E-state index in [1.165, 1.54) is 6.07 Å². The minimum Gasteiger partial charge on any atom is -0.507 e. The summed E-state index contributed by atoms with van der Waals surface area (Å²) in [7, 11) is 0. The van der Waals surface area contributed by atoms with Crippen LogP contribution in [-0.2, 0) is 0 Å². The molecule has 0 amide bonds. The quantitative estimate of drug-likeness (QED) is 0.672. The fourth-order valence-corrected chi connectivity index (χ4v) is 2.15. The first kappa shape index (κ1) is 12.6. The van der Waals surface area contributed by atoms with Crippen LogP contribution in [0.2, 0.25) is 5.02 Å². The number of aromatic hydroxyl groups is 2. The summed E-state index contributed by atoms with van der Waals surface area (Å²) in [4.78, 5) is 0. The van der Waals surface area contributed by atoms with Crippen LogP contribution in [-0.4, -0.2) is 10.2 Å². The highest BCUT2D eigenvalue weighted by molar-refractivity contribution is 6.30. The Morgan fingerprint density at radius 2 is 1.50 bits per heavy atom. The van der Waals surface area contributed by atoms with Gasteiger partial charge in [-0.2, -0.15) is 0 Å². The summed E-state index contributed by atoms with van der Waals surface area (Å²) in [5, 5.41) is 21.9. The van der Waals surface area contributed by atoms with Crippen molar-refractivity contribution in [1.29, 1.82) is 0 Å². The van der Waals surface area contributed by atoms with Crippen LogP contribution in [0.4, 0.5) is 0 Å². The second-order valence-corrected chi connectivity index (χ2v) is 4.78. The maximum Gasteiger partial charge on any atom is 0.173 e. The largest absolute Gasteiger partial charge is 0.507 e. The maximum absolute atomic E-state index is 10.2. The molecule has 0 aliphatic carbocycles. The van der Waals surface area contributed by atoms with Crippen molar-refractivity contribution in [2.24, 2.45) is 0 Å². The van der Waals surface area contributed by atoms with Crippen molar-refractivity contribution in [3.05, 3.63) is 59.6 Å². The molecule has 0 unspecified atom stereocenters. The molecule has 0 aliphatic heterocycles. The van der Waals surface area contributed by atoms with Crippen LogP contribution in [0.25, 0.3) is 10.8 Å².